The minimum absolute atomic E-state index is 0.00880. The molecule has 0 atom stereocenters. The van der Waals surface area contributed by atoms with Crippen LogP contribution in [0.4, 0.5) is 5.69 Å². The van der Waals surface area contributed by atoms with Gasteiger partial charge in [0.25, 0.3) is 5.03 Å². The zero-order valence-corrected chi connectivity index (χ0v) is 17.9. The van der Waals surface area contributed by atoms with Crippen molar-refractivity contribution >= 4 is 23.4 Å². The van der Waals surface area contributed by atoms with Gasteiger partial charge in [0.05, 0.1) is 18.1 Å². The Balaban J connectivity index is 1.35. The molecule has 0 unspecified atom stereocenters. The lowest BCUT2D eigenvalue weighted by molar-refractivity contribution is -0.705. The summed E-state index contributed by atoms with van der Waals surface area (Å²) in [6, 6.07) is 23.4. The molecule has 162 valence electrons. The molecular formula is C23H19N3O5S. The third-order valence-electron chi connectivity index (χ3n) is 4.35. The Labute approximate surface area is 188 Å². The van der Waals surface area contributed by atoms with Crippen molar-refractivity contribution in [2.75, 3.05) is 18.2 Å². The quantitative estimate of drug-likeness (QED) is 0.324. The van der Waals surface area contributed by atoms with Gasteiger partial charge in [-0.1, -0.05) is 18.2 Å². The van der Waals surface area contributed by atoms with Crippen molar-refractivity contribution in [2.24, 2.45) is 0 Å². The number of thioether (sulfide) groups is 1. The fraction of sp³-hybridized carbons (Fsp3) is 0.0870. The molecule has 0 aliphatic heterocycles. The van der Waals surface area contributed by atoms with Gasteiger partial charge in [-0.3, -0.25) is 4.79 Å². The molecule has 0 saturated heterocycles. The molecule has 0 fully saturated rings. The number of methoxy groups -OCH3 is 1. The first kappa shape index (κ1) is 21.3. The number of nitrogens with zero attached hydrogens (tertiary/aromatic N) is 2. The molecule has 8 nitrogen and oxygen atoms in total. The van der Waals surface area contributed by atoms with Crippen LogP contribution in [-0.2, 0) is 4.79 Å². The summed E-state index contributed by atoms with van der Waals surface area (Å²) < 4.78 is 17.0. The second-order valence-corrected chi connectivity index (χ2v) is 7.52. The fourth-order valence-corrected chi connectivity index (χ4v) is 3.57. The van der Waals surface area contributed by atoms with E-state index < -0.39 is 5.95 Å². The summed E-state index contributed by atoms with van der Waals surface area (Å²) in [6.07, 6.45) is 0. The van der Waals surface area contributed by atoms with Crippen molar-refractivity contribution in [1.29, 1.82) is 0 Å². The van der Waals surface area contributed by atoms with Gasteiger partial charge in [-0.05, 0) is 65.0 Å². The van der Waals surface area contributed by atoms with Gasteiger partial charge < -0.3 is 24.4 Å². The topological polar surface area (TPSA) is 101 Å². The zero-order valence-electron chi connectivity index (χ0n) is 17.1. The van der Waals surface area contributed by atoms with E-state index in [0.717, 1.165) is 17.5 Å². The number of hydrogen-bond donors (Lipinski definition) is 1. The van der Waals surface area contributed by atoms with E-state index >= 15 is 0 Å². The van der Waals surface area contributed by atoms with Crippen molar-refractivity contribution < 1.29 is 28.6 Å². The molecule has 32 heavy (non-hydrogen) atoms. The van der Waals surface area contributed by atoms with Crippen LogP contribution in [0.3, 0.4) is 0 Å². The van der Waals surface area contributed by atoms with E-state index in [9.17, 15) is 9.90 Å². The predicted molar refractivity (Wildman–Crippen MR) is 116 cm³/mol. The Morgan fingerprint density at radius 3 is 2.34 bits per heavy atom. The fourth-order valence-electron chi connectivity index (χ4n) is 2.81. The first-order valence-electron chi connectivity index (χ1n) is 9.61. The second kappa shape index (κ2) is 9.88. The van der Waals surface area contributed by atoms with E-state index in [1.165, 1.54) is 4.68 Å². The summed E-state index contributed by atoms with van der Waals surface area (Å²) in [5, 5.41) is 18.8. The third kappa shape index (κ3) is 5.19. The highest BCUT2D eigenvalue weighted by Gasteiger charge is 2.22. The number of benzene rings is 3. The number of aromatic nitrogens is 2. The van der Waals surface area contributed by atoms with E-state index in [1.807, 2.05) is 30.3 Å². The Morgan fingerprint density at radius 2 is 1.66 bits per heavy atom. The Morgan fingerprint density at radius 1 is 1.00 bits per heavy atom. The van der Waals surface area contributed by atoms with Crippen molar-refractivity contribution in [3.8, 4) is 28.9 Å². The van der Waals surface area contributed by atoms with Crippen LogP contribution in [-0.4, -0.2) is 24.0 Å². The highest BCUT2D eigenvalue weighted by atomic mass is 32.2. The highest BCUT2D eigenvalue weighted by Crippen LogP contribution is 2.25. The van der Waals surface area contributed by atoms with Gasteiger partial charge in [0.1, 0.15) is 17.2 Å². The van der Waals surface area contributed by atoms with Gasteiger partial charge in [0, 0.05) is 17.8 Å². The number of carbonyl (C=O) groups is 1. The average molecular weight is 449 g/mol. The minimum atomic E-state index is -0.610. The molecular weight excluding hydrogens is 430 g/mol. The maximum Gasteiger partial charge on any atom is 0.298 e. The van der Waals surface area contributed by atoms with Gasteiger partial charge in [0.15, 0.2) is 5.95 Å². The van der Waals surface area contributed by atoms with Crippen LogP contribution in [0.25, 0.3) is 5.69 Å². The summed E-state index contributed by atoms with van der Waals surface area (Å²) in [5.41, 5.74) is 1.24. The molecule has 0 aliphatic carbocycles. The molecule has 1 amide bonds. The Kier molecular flexibility index (Phi) is 6.57. The number of nitrogens with one attached hydrogen (secondary N) is 1. The number of hydrogen-bond acceptors (Lipinski definition) is 7. The monoisotopic (exact) mass is 449 g/mol. The maximum atomic E-state index is 12.4. The molecule has 1 N–H and O–H groups in total. The lowest BCUT2D eigenvalue weighted by Gasteiger charge is -2.08. The van der Waals surface area contributed by atoms with Gasteiger partial charge in [0.2, 0.25) is 11.6 Å². The summed E-state index contributed by atoms with van der Waals surface area (Å²) in [6.45, 7) is 0. The summed E-state index contributed by atoms with van der Waals surface area (Å²) in [4.78, 5) is 12.4. The molecule has 0 saturated carbocycles. The molecule has 1 aromatic heterocycles. The zero-order chi connectivity index (χ0) is 22.3. The van der Waals surface area contributed by atoms with Crippen LogP contribution in [0.15, 0.2) is 88.4 Å². The largest absolute Gasteiger partial charge is 0.538 e. The molecule has 0 aliphatic rings. The van der Waals surface area contributed by atoms with E-state index in [2.05, 4.69) is 10.6 Å². The molecule has 1 heterocycles. The van der Waals surface area contributed by atoms with Crippen LogP contribution < -0.4 is 24.6 Å². The number of rotatable bonds is 8. The van der Waals surface area contributed by atoms with E-state index in [1.54, 1.807) is 55.6 Å². The van der Waals surface area contributed by atoms with Gasteiger partial charge in [-0.2, -0.15) is 0 Å². The normalized spacial score (nSPS) is 10.5. The van der Waals surface area contributed by atoms with Crippen molar-refractivity contribution in [3.05, 3.63) is 78.9 Å². The molecule has 0 spiro atoms. The number of amides is 1. The third-order valence-corrected chi connectivity index (χ3v) is 5.37. The lowest BCUT2D eigenvalue weighted by Crippen LogP contribution is -2.35. The Bertz CT molecular complexity index is 1180. The number of anilines is 1. The van der Waals surface area contributed by atoms with Gasteiger partial charge >= 0.3 is 0 Å². The summed E-state index contributed by atoms with van der Waals surface area (Å²) >= 11 is 1.04. The number of ether oxygens (including phenoxy) is 2. The molecule has 4 aromatic rings. The van der Waals surface area contributed by atoms with E-state index in [0.29, 0.717) is 22.9 Å². The molecule has 0 bridgehead atoms. The van der Waals surface area contributed by atoms with Crippen LogP contribution in [0.2, 0.25) is 0 Å². The van der Waals surface area contributed by atoms with Gasteiger partial charge in [-0.15, -0.1) is 0 Å². The maximum absolute atomic E-state index is 12.4. The lowest BCUT2D eigenvalue weighted by atomic mass is 10.3. The van der Waals surface area contributed by atoms with Crippen LogP contribution in [0.1, 0.15) is 0 Å². The highest BCUT2D eigenvalue weighted by molar-refractivity contribution is 7.99. The molecule has 4 rings (SSSR count). The molecule has 3 aromatic carbocycles. The van der Waals surface area contributed by atoms with Crippen LogP contribution >= 0.6 is 11.8 Å². The summed E-state index contributed by atoms with van der Waals surface area (Å²) in [7, 11) is 1.57. The number of carbonyl (C=O) groups excluding carboxylic acids is 1. The number of para-hydroxylation sites is 1. The Hall–Kier alpha value is -3.98. The van der Waals surface area contributed by atoms with E-state index in [-0.39, 0.29) is 16.7 Å². The van der Waals surface area contributed by atoms with Crippen molar-refractivity contribution in [1.82, 2.24) is 5.27 Å². The first-order valence-corrected chi connectivity index (χ1v) is 10.6. The second-order valence-electron chi connectivity index (χ2n) is 6.55. The van der Waals surface area contributed by atoms with E-state index in [4.69, 9.17) is 14.0 Å². The summed E-state index contributed by atoms with van der Waals surface area (Å²) in [5.74, 6) is 1.19. The van der Waals surface area contributed by atoms with Crippen LogP contribution in [0, 0.1) is 0 Å². The standard InChI is InChI=1S/C23H19N3O5S/c1-29-18-13-9-17(10-14-18)26-22(23(28)31-25-26)32-15-21(27)24-16-7-11-20(12-8-16)30-19-5-3-2-4-6-19/h2-14H,15H2,1H3,(H-,24,25,27,28). The molecule has 0 radical (unpaired) electrons. The predicted octanol–water partition coefficient (Wildman–Crippen LogP) is 3.56. The average Bonchev–Trinajstić information content (AvgIpc) is 3.20. The SMILES string of the molecule is COc1ccc(-[n+]2noc([O-])c2SCC(=O)Nc2ccc(Oc3ccccc3)cc2)cc1. The first-order chi connectivity index (χ1) is 15.6. The van der Waals surface area contributed by atoms with Gasteiger partial charge in [-0.25, -0.2) is 0 Å². The van der Waals surface area contributed by atoms with Crippen molar-refractivity contribution in [2.45, 2.75) is 5.03 Å². The smallest absolute Gasteiger partial charge is 0.298 e. The van der Waals surface area contributed by atoms with Crippen molar-refractivity contribution in [3.63, 3.8) is 0 Å². The molecule has 9 heteroatoms. The van der Waals surface area contributed by atoms with Crippen LogP contribution in [0.5, 0.6) is 23.2 Å². The minimum Gasteiger partial charge on any atom is -0.538 e.